The highest BCUT2D eigenvalue weighted by Gasteiger charge is 2.42. The second-order valence-corrected chi connectivity index (χ2v) is 6.47. The average molecular weight is 299 g/mol. The molecule has 2 amide bonds. The normalized spacial score (nSPS) is 24.0. The summed E-state index contributed by atoms with van der Waals surface area (Å²) >= 11 is 0. The molecule has 21 heavy (non-hydrogen) atoms. The van der Waals surface area contributed by atoms with Crippen molar-refractivity contribution in [3.63, 3.8) is 0 Å². The molecular formula is C15H29N3O3. The Hall–Kier alpha value is -1.30. The van der Waals surface area contributed by atoms with Crippen molar-refractivity contribution in [1.29, 1.82) is 0 Å². The lowest BCUT2D eigenvalue weighted by molar-refractivity contribution is -0.152. The van der Waals surface area contributed by atoms with Gasteiger partial charge >= 0.3 is 12.0 Å². The molecule has 1 aliphatic rings. The predicted molar refractivity (Wildman–Crippen MR) is 82.3 cm³/mol. The molecule has 1 fully saturated rings. The van der Waals surface area contributed by atoms with E-state index in [0.29, 0.717) is 25.9 Å². The molecule has 1 aliphatic heterocycles. The Balaban J connectivity index is 2.66. The van der Waals surface area contributed by atoms with E-state index >= 15 is 0 Å². The van der Waals surface area contributed by atoms with E-state index in [4.69, 9.17) is 0 Å². The summed E-state index contributed by atoms with van der Waals surface area (Å²) in [7, 11) is 3.92. The van der Waals surface area contributed by atoms with Crippen LogP contribution < -0.4 is 5.32 Å². The van der Waals surface area contributed by atoms with Crippen molar-refractivity contribution in [2.24, 2.45) is 5.41 Å². The van der Waals surface area contributed by atoms with Gasteiger partial charge in [-0.25, -0.2) is 4.79 Å². The zero-order valence-corrected chi connectivity index (χ0v) is 13.7. The van der Waals surface area contributed by atoms with Crippen LogP contribution in [-0.2, 0) is 4.79 Å². The fraction of sp³-hybridized carbons (Fsp3) is 0.867. The van der Waals surface area contributed by atoms with Gasteiger partial charge in [0.15, 0.2) is 0 Å². The fourth-order valence-corrected chi connectivity index (χ4v) is 3.16. The molecule has 1 rings (SSSR count). The van der Waals surface area contributed by atoms with Gasteiger partial charge in [0.1, 0.15) is 0 Å². The first-order valence-corrected chi connectivity index (χ1v) is 7.74. The first-order valence-electron chi connectivity index (χ1n) is 7.74. The quantitative estimate of drug-likeness (QED) is 0.781. The molecule has 0 spiro atoms. The lowest BCUT2D eigenvalue weighted by atomic mass is 9.76. The Morgan fingerprint density at radius 2 is 2.10 bits per heavy atom. The van der Waals surface area contributed by atoms with E-state index in [1.54, 1.807) is 4.90 Å². The van der Waals surface area contributed by atoms with Crippen LogP contribution >= 0.6 is 0 Å². The van der Waals surface area contributed by atoms with Gasteiger partial charge in [-0.15, -0.1) is 0 Å². The fourth-order valence-electron chi connectivity index (χ4n) is 3.16. The number of piperidine rings is 1. The summed E-state index contributed by atoms with van der Waals surface area (Å²) in [6.07, 6.45) is 2.85. The van der Waals surface area contributed by atoms with Crippen LogP contribution in [-0.4, -0.2) is 66.7 Å². The van der Waals surface area contributed by atoms with Crippen LogP contribution in [0.5, 0.6) is 0 Å². The van der Waals surface area contributed by atoms with Crippen molar-refractivity contribution in [3.8, 4) is 0 Å². The monoisotopic (exact) mass is 299 g/mol. The molecule has 6 nitrogen and oxygen atoms in total. The number of likely N-dealkylation sites (tertiary alicyclic amines) is 1. The first kappa shape index (κ1) is 17.8. The second-order valence-electron chi connectivity index (χ2n) is 6.47. The summed E-state index contributed by atoms with van der Waals surface area (Å²) in [4.78, 5) is 27.6. The van der Waals surface area contributed by atoms with Crippen LogP contribution in [0.25, 0.3) is 0 Å². The predicted octanol–water partition coefficient (Wildman–Crippen LogP) is 1.61. The molecule has 0 aliphatic carbocycles. The van der Waals surface area contributed by atoms with Gasteiger partial charge in [0.2, 0.25) is 0 Å². The van der Waals surface area contributed by atoms with Crippen LogP contribution in [0.1, 0.15) is 39.5 Å². The number of nitrogens with one attached hydrogen (secondary N) is 1. The van der Waals surface area contributed by atoms with Crippen molar-refractivity contribution >= 4 is 12.0 Å². The van der Waals surface area contributed by atoms with Gasteiger partial charge in [0, 0.05) is 25.7 Å². The molecule has 6 heteroatoms. The average Bonchev–Trinajstić information content (AvgIpc) is 2.38. The lowest BCUT2D eigenvalue weighted by Gasteiger charge is -2.40. The van der Waals surface area contributed by atoms with E-state index in [-0.39, 0.29) is 12.1 Å². The maximum atomic E-state index is 12.3. The summed E-state index contributed by atoms with van der Waals surface area (Å²) in [5, 5.41) is 12.5. The van der Waals surface area contributed by atoms with E-state index in [2.05, 4.69) is 5.32 Å². The van der Waals surface area contributed by atoms with Gasteiger partial charge < -0.3 is 20.2 Å². The third kappa shape index (κ3) is 4.88. The van der Waals surface area contributed by atoms with Gasteiger partial charge in [-0.05, 0) is 40.3 Å². The SMILES string of the molecule is CCCC1(C(=O)O)CCCN(C(=O)NC(C)CN(C)C)C1. The number of carboxylic acids is 1. The Kier molecular flexibility index (Phi) is 6.45. The molecule has 0 bridgehead atoms. The minimum absolute atomic E-state index is 0.0415. The van der Waals surface area contributed by atoms with Crippen molar-refractivity contribution < 1.29 is 14.7 Å². The molecule has 0 aromatic carbocycles. The van der Waals surface area contributed by atoms with E-state index < -0.39 is 11.4 Å². The molecule has 0 radical (unpaired) electrons. The lowest BCUT2D eigenvalue weighted by Crippen LogP contribution is -2.54. The molecule has 1 heterocycles. The van der Waals surface area contributed by atoms with Crippen LogP contribution in [0.15, 0.2) is 0 Å². The van der Waals surface area contributed by atoms with E-state index in [0.717, 1.165) is 19.4 Å². The van der Waals surface area contributed by atoms with Gasteiger partial charge in [0.05, 0.1) is 5.41 Å². The highest BCUT2D eigenvalue weighted by molar-refractivity contribution is 5.79. The Morgan fingerprint density at radius 3 is 2.62 bits per heavy atom. The Labute approximate surface area is 127 Å². The number of amides is 2. The molecule has 2 N–H and O–H groups in total. The number of likely N-dealkylation sites (N-methyl/N-ethyl adjacent to an activating group) is 1. The number of carbonyl (C=O) groups excluding carboxylic acids is 1. The number of urea groups is 1. The third-order valence-corrected chi connectivity index (χ3v) is 4.06. The van der Waals surface area contributed by atoms with E-state index in [9.17, 15) is 14.7 Å². The number of carbonyl (C=O) groups is 2. The minimum Gasteiger partial charge on any atom is -0.481 e. The zero-order chi connectivity index (χ0) is 16.0. The number of carboxylic acid groups (broad SMARTS) is 1. The molecule has 122 valence electrons. The van der Waals surface area contributed by atoms with Crippen LogP contribution in [0.4, 0.5) is 4.79 Å². The number of hydrogen-bond donors (Lipinski definition) is 2. The molecule has 2 unspecified atom stereocenters. The maximum Gasteiger partial charge on any atom is 0.317 e. The first-order chi connectivity index (χ1) is 9.80. The number of hydrogen-bond acceptors (Lipinski definition) is 3. The van der Waals surface area contributed by atoms with Gasteiger partial charge in [-0.2, -0.15) is 0 Å². The van der Waals surface area contributed by atoms with Crippen LogP contribution in [0.2, 0.25) is 0 Å². The minimum atomic E-state index is -0.775. The van der Waals surface area contributed by atoms with Crippen molar-refractivity contribution in [3.05, 3.63) is 0 Å². The third-order valence-electron chi connectivity index (χ3n) is 4.06. The van der Waals surface area contributed by atoms with Gasteiger partial charge in [-0.3, -0.25) is 4.79 Å². The molecule has 0 aromatic heterocycles. The number of aliphatic carboxylic acids is 1. The Morgan fingerprint density at radius 1 is 1.43 bits per heavy atom. The summed E-state index contributed by atoms with van der Waals surface area (Å²) in [5.74, 6) is -0.775. The molecular weight excluding hydrogens is 270 g/mol. The second kappa shape index (κ2) is 7.64. The summed E-state index contributed by atoms with van der Waals surface area (Å²) in [6.45, 7) is 5.66. The van der Waals surface area contributed by atoms with E-state index in [1.807, 2.05) is 32.8 Å². The van der Waals surface area contributed by atoms with Crippen molar-refractivity contribution in [2.75, 3.05) is 33.7 Å². The molecule has 1 saturated heterocycles. The van der Waals surface area contributed by atoms with Crippen LogP contribution in [0.3, 0.4) is 0 Å². The Bertz CT molecular complexity index is 369. The largest absolute Gasteiger partial charge is 0.481 e. The van der Waals surface area contributed by atoms with Crippen LogP contribution in [0, 0.1) is 5.41 Å². The smallest absolute Gasteiger partial charge is 0.317 e. The van der Waals surface area contributed by atoms with Crippen molar-refractivity contribution in [1.82, 2.24) is 15.1 Å². The highest BCUT2D eigenvalue weighted by atomic mass is 16.4. The molecule has 2 atom stereocenters. The number of rotatable bonds is 6. The summed E-state index contributed by atoms with van der Waals surface area (Å²) in [6, 6.07) is -0.106. The highest BCUT2D eigenvalue weighted by Crippen LogP contribution is 2.35. The standard InChI is InChI=1S/C15H29N3O3/c1-5-7-15(13(19)20)8-6-9-18(11-15)14(21)16-12(2)10-17(3)4/h12H,5-11H2,1-4H3,(H,16,21)(H,19,20). The maximum absolute atomic E-state index is 12.3. The van der Waals surface area contributed by atoms with Gasteiger partial charge in [0.25, 0.3) is 0 Å². The summed E-state index contributed by atoms with van der Waals surface area (Å²) < 4.78 is 0. The van der Waals surface area contributed by atoms with E-state index in [1.165, 1.54) is 0 Å². The topological polar surface area (TPSA) is 72.9 Å². The number of nitrogens with zero attached hydrogens (tertiary/aromatic N) is 2. The van der Waals surface area contributed by atoms with Crippen molar-refractivity contribution in [2.45, 2.75) is 45.6 Å². The molecule has 0 saturated carbocycles. The summed E-state index contributed by atoms with van der Waals surface area (Å²) in [5.41, 5.74) is -0.769. The van der Waals surface area contributed by atoms with Gasteiger partial charge in [-0.1, -0.05) is 13.3 Å². The molecule has 0 aromatic rings. The zero-order valence-electron chi connectivity index (χ0n) is 13.7.